The van der Waals surface area contributed by atoms with E-state index in [0.717, 1.165) is 22.3 Å². The number of aromatic amines is 1. The number of carbonyl (C=O) groups is 1. The number of carbonyl (C=O) groups excluding carboxylic acids is 1. The number of pyridine rings is 1. The number of hydrogen-bond acceptors (Lipinski definition) is 5. The van der Waals surface area contributed by atoms with Gasteiger partial charge in [0.25, 0.3) is 11.3 Å². The third-order valence-corrected chi connectivity index (χ3v) is 5.16. The summed E-state index contributed by atoms with van der Waals surface area (Å²) in [5.74, 6) is 0.0193. The van der Waals surface area contributed by atoms with E-state index in [-0.39, 0.29) is 29.7 Å². The molecular formula is C22H22N6O2. The molecule has 152 valence electrons. The zero-order valence-electron chi connectivity index (χ0n) is 17.0. The van der Waals surface area contributed by atoms with Crippen molar-refractivity contribution in [1.29, 1.82) is 0 Å². The van der Waals surface area contributed by atoms with Gasteiger partial charge in [-0.15, -0.1) is 0 Å². The van der Waals surface area contributed by atoms with Crippen molar-refractivity contribution in [3.05, 3.63) is 92.9 Å². The van der Waals surface area contributed by atoms with Crippen LogP contribution in [0.15, 0.2) is 53.8 Å². The molecule has 1 amide bonds. The molecule has 3 heterocycles. The minimum atomic E-state index is -0.354. The minimum absolute atomic E-state index is 0.0773. The predicted molar refractivity (Wildman–Crippen MR) is 112 cm³/mol. The van der Waals surface area contributed by atoms with E-state index in [0.29, 0.717) is 11.3 Å². The maximum absolute atomic E-state index is 13.0. The summed E-state index contributed by atoms with van der Waals surface area (Å²) in [4.78, 5) is 38.1. The Labute approximate surface area is 173 Å². The molecule has 4 aromatic rings. The van der Waals surface area contributed by atoms with E-state index in [2.05, 4.69) is 31.4 Å². The molecule has 1 aromatic carbocycles. The molecule has 0 radical (unpaired) electrons. The van der Waals surface area contributed by atoms with Crippen molar-refractivity contribution in [2.45, 2.75) is 33.2 Å². The van der Waals surface area contributed by atoms with E-state index in [1.54, 1.807) is 19.3 Å². The van der Waals surface area contributed by atoms with E-state index >= 15 is 0 Å². The van der Waals surface area contributed by atoms with E-state index in [4.69, 9.17) is 0 Å². The van der Waals surface area contributed by atoms with Gasteiger partial charge in [0, 0.05) is 18.0 Å². The molecule has 2 N–H and O–H groups in total. The van der Waals surface area contributed by atoms with Gasteiger partial charge in [-0.3, -0.25) is 19.7 Å². The SMILES string of the molecule is Cc1ccc(C)c(C(NC(=O)Cc2c(C)nc3nc[nH]n3c2=O)c2ccncc2)c1. The lowest BCUT2D eigenvalue weighted by Crippen LogP contribution is -2.34. The number of amides is 1. The lowest BCUT2D eigenvalue weighted by molar-refractivity contribution is -0.121. The fourth-order valence-corrected chi connectivity index (χ4v) is 3.54. The molecule has 8 nitrogen and oxygen atoms in total. The number of aryl methyl sites for hydroxylation is 3. The zero-order chi connectivity index (χ0) is 21.3. The summed E-state index contributed by atoms with van der Waals surface area (Å²) in [6.07, 6.45) is 4.72. The highest BCUT2D eigenvalue weighted by atomic mass is 16.2. The summed E-state index contributed by atoms with van der Waals surface area (Å²) >= 11 is 0. The lowest BCUT2D eigenvalue weighted by atomic mass is 9.94. The van der Waals surface area contributed by atoms with Gasteiger partial charge >= 0.3 is 0 Å². The summed E-state index contributed by atoms with van der Waals surface area (Å²) in [5, 5.41) is 5.82. The third kappa shape index (κ3) is 3.71. The predicted octanol–water partition coefficient (Wildman–Crippen LogP) is 2.19. The summed E-state index contributed by atoms with van der Waals surface area (Å²) in [7, 11) is 0. The van der Waals surface area contributed by atoms with Crippen LogP contribution in [0.4, 0.5) is 0 Å². The standard InChI is InChI=1S/C22H22N6O2/c1-13-4-5-14(2)17(10-13)20(16-6-8-23-9-7-16)27-19(29)11-18-15(3)26-22-24-12-25-28(22)21(18)30/h4-10,12,20H,11H2,1-3H3,(H,27,29)(H,24,25,26). The van der Waals surface area contributed by atoms with Gasteiger partial charge in [0.1, 0.15) is 6.33 Å². The van der Waals surface area contributed by atoms with Crippen LogP contribution in [0.2, 0.25) is 0 Å². The maximum Gasteiger partial charge on any atom is 0.277 e. The summed E-state index contributed by atoms with van der Waals surface area (Å²) in [6, 6.07) is 9.56. The van der Waals surface area contributed by atoms with E-state index in [1.165, 1.54) is 10.8 Å². The first kappa shape index (κ1) is 19.5. The second-order valence-electron chi connectivity index (χ2n) is 7.32. The van der Waals surface area contributed by atoms with E-state index < -0.39 is 0 Å². The Morgan fingerprint density at radius 1 is 1.17 bits per heavy atom. The highest BCUT2D eigenvalue weighted by molar-refractivity contribution is 5.79. The molecule has 8 heteroatoms. The monoisotopic (exact) mass is 402 g/mol. The van der Waals surface area contributed by atoms with Crippen molar-refractivity contribution in [3.8, 4) is 0 Å². The molecule has 30 heavy (non-hydrogen) atoms. The molecule has 0 aliphatic rings. The lowest BCUT2D eigenvalue weighted by Gasteiger charge is -2.22. The number of H-pyrrole nitrogens is 1. The number of benzene rings is 1. The molecule has 0 aliphatic heterocycles. The number of nitrogens with one attached hydrogen (secondary N) is 2. The summed E-state index contributed by atoms with van der Waals surface area (Å²) in [5.41, 5.74) is 4.61. The van der Waals surface area contributed by atoms with Gasteiger partial charge in [0.2, 0.25) is 5.91 Å². The highest BCUT2D eigenvalue weighted by Gasteiger charge is 2.21. The molecule has 0 saturated carbocycles. The topological polar surface area (TPSA) is 105 Å². The Kier molecular flexibility index (Phi) is 5.14. The van der Waals surface area contributed by atoms with Crippen molar-refractivity contribution >= 4 is 11.7 Å². The van der Waals surface area contributed by atoms with Gasteiger partial charge in [-0.1, -0.05) is 23.8 Å². The van der Waals surface area contributed by atoms with Crippen LogP contribution < -0.4 is 10.9 Å². The number of aromatic nitrogens is 5. The van der Waals surface area contributed by atoms with Crippen molar-refractivity contribution in [3.63, 3.8) is 0 Å². The summed E-state index contributed by atoms with van der Waals surface area (Å²) < 4.78 is 1.24. The molecule has 0 saturated heterocycles. The molecule has 3 aromatic heterocycles. The highest BCUT2D eigenvalue weighted by Crippen LogP contribution is 2.26. The molecular weight excluding hydrogens is 380 g/mol. The van der Waals surface area contributed by atoms with Crippen LogP contribution in [0, 0.1) is 20.8 Å². The molecule has 0 aliphatic carbocycles. The first-order valence-electron chi connectivity index (χ1n) is 9.62. The van der Waals surface area contributed by atoms with Crippen molar-refractivity contribution in [2.24, 2.45) is 0 Å². The van der Waals surface area contributed by atoms with Gasteiger partial charge in [-0.05, 0) is 49.6 Å². The summed E-state index contributed by atoms with van der Waals surface area (Å²) in [6.45, 7) is 5.75. The van der Waals surface area contributed by atoms with Crippen LogP contribution in [0.3, 0.4) is 0 Å². The van der Waals surface area contributed by atoms with Crippen LogP contribution in [0.5, 0.6) is 0 Å². The average molecular weight is 402 g/mol. The van der Waals surface area contributed by atoms with Crippen LogP contribution in [-0.4, -0.2) is 30.5 Å². The fourth-order valence-electron chi connectivity index (χ4n) is 3.54. The first-order chi connectivity index (χ1) is 14.4. The second kappa shape index (κ2) is 7.90. The number of hydrogen-bond donors (Lipinski definition) is 2. The van der Waals surface area contributed by atoms with Crippen LogP contribution in [0.25, 0.3) is 5.78 Å². The van der Waals surface area contributed by atoms with Gasteiger partial charge < -0.3 is 5.32 Å². The maximum atomic E-state index is 13.0. The average Bonchev–Trinajstić information content (AvgIpc) is 3.20. The number of rotatable bonds is 5. The van der Waals surface area contributed by atoms with Gasteiger partial charge in [0.15, 0.2) is 0 Å². The Balaban J connectivity index is 1.68. The molecule has 0 fully saturated rings. The van der Waals surface area contributed by atoms with Crippen LogP contribution in [0.1, 0.15) is 39.6 Å². The van der Waals surface area contributed by atoms with Crippen LogP contribution in [-0.2, 0) is 11.2 Å². The van der Waals surface area contributed by atoms with Crippen molar-refractivity contribution < 1.29 is 4.79 Å². The smallest absolute Gasteiger partial charge is 0.277 e. The van der Waals surface area contributed by atoms with Crippen molar-refractivity contribution in [1.82, 2.24) is 29.9 Å². The Hall–Kier alpha value is -3.81. The Morgan fingerprint density at radius 2 is 1.93 bits per heavy atom. The number of nitrogens with zero attached hydrogens (tertiary/aromatic N) is 4. The van der Waals surface area contributed by atoms with Gasteiger partial charge in [-0.2, -0.15) is 4.52 Å². The molecule has 0 spiro atoms. The zero-order valence-corrected chi connectivity index (χ0v) is 17.0. The normalized spacial score (nSPS) is 12.1. The largest absolute Gasteiger partial charge is 0.345 e. The molecule has 0 bridgehead atoms. The minimum Gasteiger partial charge on any atom is -0.345 e. The molecule has 1 unspecified atom stereocenters. The van der Waals surface area contributed by atoms with E-state index in [1.807, 2.05) is 38.1 Å². The van der Waals surface area contributed by atoms with Crippen molar-refractivity contribution in [2.75, 3.05) is 0 Å². The quantitative estimate of drug-likeness (QED) is 0.532. The van der Waals surface area contributed by atoms with Gasteiger partial charge in [-0.25, -0.2) is 9.97 Å². The third-order valence-electron chi connectivity index (χ3n) is 5.16. The molecule has 4 rings (SSSR count). The number of fused-ring (bicyclic) bond motifs is 1. The first-order valence-corrected chi connectivity index (χ1v) is 9.62. The Morgan fingerprint density at radius 3 is 2.70 bits per heavy atom. The fraction of sp³-hybridized carbons (Fsp3) is 0.227. The second-order valence-corrected chi connectivity index (χ2v) is 7.32. The Bertz CT molecular complexity index is 1280. The van der Waals surface area contributed by atoms with Crippen LogP contribution >= 0.6 is 0 Å². The van der Waals surface area contributed by atoms with Gasteiger partial charge in [0.05, 0.1) is 18.2 Å². The molecule has 1 atom stereocenters. The van der Waals surface area contributed by atoms with E-state index in [9.17, 15) is 9.59 Å².